The molecule has 1 aromatic carbocycles. The zero-order valence-corrected chi connectivity index (χ0v) is 13.6. The Hall–Kier alpha value is -1.29. The summed E-state index contributed by atoms with van der Waals surface area (Å²) in [4.78, 5) is 3.32. The number of nitrogens with one attached hydrogen (secondary N) is 1. The monoisotopic (exact) mass is 292 g/mol. The smallest absolute Gasteiger partial charge is 0.178 e. The minimum atomic E-state index is 0.392. The second-order valence-corrected chi connectivity index (χ2v) is 5.59. The predicted molar refractivity (Wildman–Crippen MR) is 87.1 cm³/mol. The van der Waals surface area contributed by atoms with Gasteiger partial charge in [-0.1, -0.05) is 32.8 Å². The molecule has 2 aromatic rings. The van der Waals surface area contributed by atoms with E-state index in [1.807, 2.05) is 19.1 Å². The molecule has 2 rings (SSSR count). The van der Waals surface area contributed by atoms with E-state index in [1.165, 1.54) is 0 Å². The average Bonchev–Trinajstić information content (AvgIpc) is 2.77. The van der Waals surface area contributed by atoms with Crippen LogP contribution in [0.3, 0.4) is 0 Å². The first kappa shape index (κ1) is 15.1. The van der Waals surface area contributed by atoms with Crippen LogP contribution >= 0.6 is 12.2 Å². The molecular formula is C16H24N2OS. The molecule has 4 heteroatoms. The number of rotatable bonds is 6. The van der Waals surface area contributed by atoms with Gasteiger partial charge in [-0.2, -0.15) is 0 Å². The van der Waals surface area contributed by atoms with Crippen molar-refractivity contribution < 1.29 is 4.74 Å². The maximum atomic E-state index is 5.69. The van der Waals surface area contributed by atoms with Gasteiger partial charge in [0, 0.05) is 6.04 Å². The Kier molecular flexibility index (Phi) is 4.86. The number of hydrogen-bond acceptors (Lipinski definition) is 2. The molecule has 0 fully saturated rings. The van der Waals surface area contributed by atoms with Crippen LogP contribution in [0.15, 0.2) is 18.2 Å². The van der Waals surface area contributed by atoms with Gasteiger partial charge < -0.3 is 14.3 Å². The molecule has 20 heavy (non-hydrogen) atoms. The summed E-state index contributed by atoms with van der Waals surface area (Å²) in [6.45, 7) is 9.40. The van der Waals surface area contributed by atoms with Crippen molar-refractivity contribution in [1.82, 2.24) is 9.55 Å². The van der Waals surface area contributed by atoms with Gasteiger partial charge in [-0.3, -0.25) is 0 Å². The van der Waals surface area contributed by atoms with Gasteiger partial charge in [0.15, 0.2) is 4.77 Å². The van der Waals surface area contributed by atoms with Gasteiger partial charge in [0.05, 0.1) is 12.1 Å². The van der Waals surface area contributed by atoms with E-state index in [2.05, 4.69) is 36.4 Å². The highest BCUT2D eigenvalue weighted by Gasteiger charge is 2.19. The Balaban J connectivity index is 2.57. The molecule has 1 heterocycles. The van der Waals surface area contributed by atoms with Gasteiger partial charge >= 0.3 is 0 Å². The molecule has 1 unspecified atom stereocenters. The number of benzene rings is 1. The number of ether oxygens (including phenoxy) is 1. The normalized spacial score (nSPS) is 13.1. The summed E-state index contributed by atoms with van der Waals surface area (Å²) < 4.78 is 8.71. The number of aromatic nitrogens is 2. The summed E-state index contributed by atoms with van der Waals surface area (Å²) in [5.74, 6) is 1.52. The Morgan fingerprint density at radius 3 is 2.55 bits per heavy atom. The lowest BCUT2D eigenvalue weighted by Crippen LogP contribution is -2.15. The lowest BCUT2D eigenvalue weighted by Gasteiger charge is -2.23. The molecular weight excluding hydrogens is 268 g/mol. The maximum absolute atomic E-state index is 5.69. The van der Waals surface area contributed by atoms with Crippen LogP contribution in [0.5, 0.6) is 5.75 Å². The SMILES string of the molecule is CCOc1cccc2c1[nH]c(=S)n2C(C)C(CC)CC. The van der Waals surface area contributed by atoms with E-state index in [1.54, 1.807) is 0 Å². The number of fused-ring (bicyclic) bond motifs is 1. The van der Waals surface area contributed by atoms with Crippen LogP contribution in [-0.2, 0) is 0 Å². The molecule has 0 saturated heterocycles. The van der Waals surface area contributed by atoms with Crippen LogP contribution in [0.1, 0.15) is 46.6 Å². The Morgan fingerprint density at radius 1 is 1.25 bits per heavy atom. The van der Waals surface area contributed by atoms with Gasteiger partial charge in [0.1, 0.15) is 11.3 Å². The van der Waals surface area contributed by atoms with Crippen LogP contribution in [0.25, 0.3) is 11.0 Å². The van der Waals surface area contributed by atoms with Crippen LogP contribution in [0.2, 0.25) is 0 Å². The first-order chi connectivity index (χ1) is 9.63. The molecule has 1 atom stereocenters. The molecule has 0 aliphatic carbocycles. The van der Waals surface area contributed by atoms with Crippen molar-refractivity contribution in [2.45, 2.75) is 46.6 Å². The summed E-state index contributed by atoms with van der Waals surface area (Å²) >= 11 is 5.54. The summed E-state index contributed by atoms with van der Waals surface area (Å²) in [7, 11) is 0. The predicted octanol–water partition coefficient (Wildman–Crippen LogP) is 5.09. The molecule has 0 amide bonds. The topological polar surface area (TPSA) is 29.9 Å². The molecule has 0 bridgehead atoms. The zero-order chi connectivity index (χ0) is 14.7. The summed E-state index contributed by atoms with van der Waals surface area (Å²) in [6, 6.07) is 6.53. The van der Waals surface area contributed by atoms with Gasteiger partial charge in [-0.25, -0.2) is 0 Å². The number of aromatic amines is 1. The number of imidazole rings is 1. The van der Waals surface area contributed by atoms with E-state index in [0.29, 0.717) is 18.6 Å². The van der Waals surface area contributed by atoms with Crippen LogP contribution in [0.4, 0.5) is 0 Å². The van der Waals surface area contributed by atoms with Gasteiger partial charge in [-0.15, -0.1) is 0 Å². The van der Waals surface area contributed by atoms with Crippen molar-refractivity contribution >= 4 is 23.3 Å². The third-order valence-corrected chi connectivity index (χ3v) is 4.45. The average molecular weight is 292 g/mol. The standard InChI is InChI=1S/C16H24N2OS/c1-5-12(6-2)11(4)18-13-9-8-10-14(19-7-3)15(13)17-16(18)20/h8-12H,5-7H2,1-4H3,(H,17,20). The van der Waals surface area contributed by atoms with Crippen molar-refractivity contribution in [3.8, 4) is 5.75 Å². The largest absolute Gasteiger partial charge is 0.492 e. The summed E-state index contributed by atoms with van der Waals surface area (Å²) in [6.07, 6.45) is 2.33. The molecule has 1 N–H and O–H groups in total. The fourth-order valence-corrected chi connectivity index (χ4v) is 3.35. The van der Waals surface area contributed by atoms with Crippen LogP contribution < -0.4 is 4.74 Å². The van der Waals surface area contributed by atoms with E-state index >= 15 is 0 Å². The fourth-order valence-electron chi connectivity index (χ4n) is 2.98. The highest BCUT2D eigenvalue weighted by molar-refractivity contribution is 7.71. The number of nitrogens with zero attached hydrogens (tertiary/aromatic N) is 1. The molecule has 110 valence electrons. The van der Waals surface area contributed by atoms with Gasteiger partial charge in [-0.05, 0) is 44.1 Å². The lowest BCUT2D eigenvalue weighted by molar-refractivity contribution is 0.336. The number of H-pyrrole nitrogens is 1. The van der Waals surface area contributed by atoms with E-state index in [9.17, 15) is 0 Å². The summed E-state index contributed by atoms with van der Waals surface area (Å²) in [5, 5.41) is 0. The Labute approximate surface area is 126 Å². The molecule has 0 aliphatic rings. The van der Waals surface area contributed by atoms with Crippen LogP contribution in [-0.4, -0.2) is 16.2 Å². The van der Waals surface area contributed by atoms with Crippen molar-refractivity contribution in [1.29, 1.82) is 0 Å². The van der Waals surface area contributed by atoms with Crippen molar-refractivity contribution in [3.63, 3.8) is 0 Å². The highest BCUT2D eigenvalue weighted by Crippen LogP contribution is 2.31. The van der Waals surface area contributed by atoms with E-state index < -0.39 is 0 Å². The fraction of sp³-hybridized carbons (Fsp3) is 0.562. The van der Waals surface area contributed by atoms with Crippen molar-refractivity contribution in [3.05, 3.63) is 23.0 Å². The van der Waals surface area contributed by atoms with Crippen LogP contribution in [0, 0.1) is 10.7 Å². The van der Waals surface area contributed by atoms with E-state index in [4.69, 9.17) is 17.0 Å². The van der Waals surface area contributed by atoms with Crippen molar-refractivity contribution in [2.75, 3.05) is 6.61 Å². The third-order valence-electron chi connectivity index (χ3n) is 4.15. The molecule has 0 spiro atoms. The molecule has 0 aliphatic heterocycles. The number of hydrogen-bond donors (Lipinski definition) is 1. The van der Waals surface area contributed by atoms with Crippen molar-refractivity contribution in [2.24, 2.45) is 5.92 Å². The second-order valence-electron chi connectivity index (χ2n) is 5.20. The van der Waals surface area contributed by atoms with Gasteiger partial charge in [0.25, 0.3) is 0 Å². The summed E-state index contributed by atoms with van der Waals surface area (Å²) in [5.41, 5.74) is 2.15. The maximum Gasteiger partial charge on any atom is 0.178 e. The van der Waals surface area contributed by atoms with Gasteiger partial charge in [0.2, 0.25) is 0 Å². The quantitative estimate of drug-likeness (QED) is 0.751. The highest BCUT2D eigenvalue weighted by atomic mass is 32.1. The van der Waals surface area contributed by atoms with E-state index in [-0.39, 0.29) is 0 Å². The first-order valence-electron chi connectivity index (χ1n) is 7.49. The second kappa shape index (κ2) is 6.44. The Bertz CT molecular complexity index is 625. The molecule has 1 aromatic heterocycles. The third kappa shape index (κ3) is 2.62. The minimum absolute atomic E-state index is 0.392. The minimum Gasteiger partial charge on any atom is -0.492 e. The molecule has 0 saturated carbocycles. The first-order valence-corrected chi connectivity index (χ1v) is 7.90. The molecule has 0 radical (unpaired) electrons. The number of para-hydroxylation sites is 1. The zero-order valence-electron chi connectivity index (χ0n) is 12.8. The molecule has 3 nitrogen and oxygen atoms in total. The lowest BCUT2D eigenvalue weighted by atomic mass is 9.95. The Morgan fingerprint density at radius 2 is 1.95 bits per heavy atom. The van der Waals surface area contributed by atoms with E-state index in [0.717, 1.165) is 34.4 Å².